The fourth-order valence-electron chi connectivity index (χ4n) is 2.92. The normalized spacial score (nSPS) is 23.7. The zero-order chi connectivity index (χ0) is 15.6. The summed E-state index contributed by atoms with van der Waals surface area (Å²) in [5, 5.41) is 20.5. The summed E-state index contributed by atoms with van der Waals surface area (Å²) >= 11 is 0. The average molecular weight is 289 g/mol. The van der Waals surface area contributed by atoms with Gasteiger partial charge < -0.3 is 10.2 Å². The first-order chi connectivity index (χ1) is 9.79. The van der Waals surface area contributed by atoms with Crippen LogP contribution in [-0.4, -0.2) is 28.6 Å². The van der Waals surface area contributed by atoms with Crippen LogP contribution in [-0.2, 0) is 5.41 Å². The molecule has 0 aliphatic heterocycles. The van der Waals surface area contributed by atoms with E-state index in [0.29, 0.717) is 5.75 Å². The van der Waals surface area contributed by atoms with Crippen LogP contribution in [0, 0.1) is 6.92 Å². The highest BCUT2D eigenvalue weighted by atomic mass is 16.3. The third-order valence-electron chi connectivity index (χ3n) is 4.19. The Kier molecular flexibility index (Phi) is 4.72. The van der Waals surface area contributed by atoms with Crippen LogP contribution in [0.3, 0.4) is 0 Å². The second-order valence-corrected chi connectivity index (χ2v) is 7.20. The maximum absolute atomic E-state index is 10.5. The van der Waals surface area contributed by atoms with Crippen molar-refractivity contribution in [2.45, 2.75) is 70.9 Å². The molecule has 0 saturated heterocycles. The Morgan fingerprint density at radius 1 is 1.19 bits per heavy atom. The molecule has 116 valence electrons. The molecule has 1 fully saturated rings. The summed E-state index contributed by atoms with van der Waals surface area (Å²) in [6, 6.07) is 3.95. The average Bonchev–Trinajstić information content (AvgIpc) is 2.39. The summed E-state index contributed by atoms with van der Waals surface area (Å²) in [7, 11) is 0. The van der Waals surface area contributed by atoms with Gasteiger partial charge in [-0.15, -0.1) is 0 Å². The van der Waals surface area contributed by atoms with Crippen LogP contribution in [0.2, 0.25) is 0 Å². The van der Waals surface area contributed by atoms with Crippen molar-refractivity contribution in [1.29, 1.82) is 0 Å². The lowest BCUT2D eigenvalue weighted by molar-refractivity contribution is 0.110. The molecule has 1 aliphatic rings. The van der Waals surface area contributed by atoms with E-state index < -0.39 is 0 Å². The van der Waals surface area contributed by atoms with Crippen LogP contribution in [0.15, 0.2) is 17.1 Å². The number of aliphatic imine (C=N–C) groups is 1. The summed E-state index contributed by atoms with van der Waals surface area (Å²) in [6.07, 6.45) is 5.34. The molecule has 3 heteroatoms. The van der Waals surface area contributed by atoms with Gasteiger partial charge in [0, 0.05) is 17.3 Å². The van der Waals surface area contributed by atoms with Gasteiger partial charge in [0.2, 0.25) is 0 Å². The molecule has 1 saturated carbocycles. The van der Waals surface area contributed by atoms with Crippen molar-refractivity contribution < 1.29 is 10.2 Å². The van der Waals surface area contributed by atoms with Crippen LogP contribution in [0.1, 0.15) is 63.1 Å². The van der Waals surface area contributed by atoms with Gasteiger partial charge in [-0.2, -0.15) is 0 Å². The molecule has 0 unspecified atom stereocenters. The smallest absolute Gasteiger partial charge is 0.128 e. The molecule has 2 N–H and O–H groups in total. The van der Waals surface area contributed by atoms with Crippen LogP contribution >= 0.6 is 0 Å². The molecule has 1 aliphatic carbocycles. The molecule has 0 amide bonds. The van der Waals surface area contributed by atoms with E-state index in [9.17, 15) is 10.2 Å². The molecule has 0 aromatic heterocycles. The molecular formula is C18H27NO2. The first-order valence-electron chi connectivity index (χ1n) is 7.84. The van der Waals surface area contributed by atoms with Crippen LogP contribution in [0.25, 0.3) is 0 Å². The molecule has 0 heterocycles. The van der Waals surface area contributed by atoms with Gasteiger partial charge in [0.05, 0.1) is 12.1 Å². The van der Waals surface area contributed by atoms with Gasteiger partial charge in [-0.25, -0.2) is 0 Å². The lowest BCUT2D eigenvalue weighted by atomic mass is 9.84. The maximum atomic E-state index is 10.5. The quantitative estimate of drug-likeness (QED) is 0.815. The van der Waals surface area contributed by atoms with Gasteiger partial charge in [-0.05, 0) is 36.8 Å². The van der Waals surface area contributed by atoms with E-state index in [1.807, 2.05) is 19.1 Å². The SMILES string of the molecule is Cc1cc(C=N[C@@H]2CCCC[C@H]2O)c(O)c(C(C)(C)C)c1. The molecule has 0 radical (unpaired) electrons. The van der Waals surface area contributed by atoms with Gasteiger partial charge in [-0.1, -0.05) is 39.7 Å². The second-order valence-electron chi connectivity index (χ2n) is 7.20. The Labute approximate surface area is 127 Å². The number of aromatic hydroxyl groups is 1. The Balaban J connectivity index is 2.29. The number of hydrogen-bond donors (Lipinski definition) is 2. The first-order valence-corrected chi connectivity index (χ1v) is 7.84. The Morgan fingerprint density at radius 2 is 1.86 bits per heavy atom. The number of phenols is 1. The molecular weight excluding hydrogens is 262 g/mol. The fourth-order valence-corrected chi connectivity index (χ4v) is 2.92. The van der Waals surface area contributed by atoms with Gasteiger partial charge in [0.25, 0.3) is 0 Å². The van der Waals surface area contributed by atoms with Crippen LogP contribution in [0.5, 0.6) is 5.75 Å². The lowest BCUT2D eigenvalue weighted by Crippen LogP contribution is -2.28. The van der Waals surface area contributed by atoms with Crippen molar-refractivity contribution >= 4 is 6.21 Å². The monoisotopic (exact) mass is 289 g/mol. The zero-order valence-electron chi connectivity index (χ0n) is 13.6. The minimum atomic E-state index is -0.343. The van der Waals surface area contributed by atoms with Crippen molar-refractivity contribution in [3.05, 3.63) is 28.8 Å². The van der Waals surface area contributed by atoms with Gasteiger partial charge in [0.1, 0.15) is 5.75 Å². The molecule has 3 nitrogen and oxygen atoms in total. The van der Waals surface area contributed by atoms with Crippen molar-refractivity contribution in [1.82, 2.24) is 0 Å². The van der Waals surface area contributed by atoms with Crippen molar-refractivity contribution in [3.8, 4) is 5.75 Å². The predicted octanol–water partition coefficient (Wildman–Crippen LogP) is 3.72. The minimum Gasteiger partial charge on any atom is -0.507 e. The Bertz CT molecular complexity index is 529. The number of phenolic OH excluding ortho intramolecular Hbond substituents is 1. The van der Waals surface area contributed by atoms with E-state index in [0.717, 1.165) is 42.4 Å². The highest BCUT2D eigenvalue weighted by Gasteiger charge is 2.23. The Hall–Kier alpha value is -1.35. The van der Waals surface area contributed by atoms with E-state index in [-0.39, 0.29) is 17.6 Å². The highest BCUT2D eigenvalue weighted by Crippen LogP contribution is 2.34. The molecule has 1 aromatic carbocycles. The number of nitrogens with zero attached hydrogens (tertiary/aromatic N) is 1. The lowest BCUT2D eigenvalue weighted by Gasteiger charge is -2.24. The number of benzene rings is 1. The van der Waals surface area contributed by atoms with E-state index >= 15 is 0 Å². The number of aliphatic hydroxyl groups is 1. The summed E-state index contributed by atoms with van der Waals surface area (Å²) in [5.74, 6) is 0.308. The van der Waals surface area contributed by atoms with Crippen molar-refractivity contribution in [2.24, 2.45) is 4.99 Å². The first kappa shape index (κ1) is 16.0. The second kappa shape index (κ2) is 6.18. The molecule has 21 heavy (non-hydrogen) atoms. The molecule has 0 bridgehead atoms. The summed E-state index contributed by atoms with van der Waals surface area (Å²) < 4.78 is 0. The fraction of sp³-hybridized carbons (Fsp3) is 0.611. The predicted molar refractivity (Wildman–Crippen MR) is 87.4 cm³/mol. The molecule has 1 aromatic rings. The summed E-state index contributed by atoms with van der Waals surface area (Å²) in [5.41, 5.74) is 2.69. The topological polar surface area (TPSA) is 52.8 Å². The molecule has 2 rings (SSSR count). The van der Waals surface area contributed by atoms with E-state index in [2.05, 4.69) is 25.8 Å². The van der Waals surface area contributed by atoms with Gasteiger partial charge >= 0.3 is 0 Å². The van der Waals surface area contributed by atoms with E-state index in [1.54, 1.807) is 6.21 Å². The number of aryl methyl sites for hydroxylation is 1. The minimum absolute atomic E-state index is 0.0308. The standard InChI is InChI=1S/C18H27NO2/c1-12-9-13(17(21)14(10-12)18(2,3)4)11-19-15-7-5-6-8-16(15)20/h9-11,15-16,20-21H,5-8H2,1-4H3/t15-,16-/m1/s1. The van der Waals surface area contributed by atoms with Gasteiger partial charge in [-0.3, -0.25) is 4.99 Å². The van der Waals surface area contributed by atoms with E-state index in [4.69, 9.17) is 0 Å². The largest absolute Gasteiger partial charge is 0.507 e. The van der Waals surface area contributed by atoms with E-state index in [1.165, 1.54) is 0 Å². The van der Waals surface area contributed by atoms with Crippen LogP contribution in [0.4, 0.5) is 0 Å². The number of rotatable bonds is 2. The van der Waals surface area contributed by atoms with Crippen molar-refractivity contribution in [2.75, 3.05) is 0 Å². The summed E-state index contributed by atoms with van der Waals surface area (Å²) in [6.45, 7) is 8.30. The van der Waals surface area contributed by atoms with Crippen LogP contribution < -0.4 is 0 Å². The maximum Gasteiger partial charge on any atom is 0.128 e. The highest BCUT2D eigenvalue weighted by molar-refractivity contribution is 5.85. The number of aliphatic hydroxyl groups excluding tert-OH is 1. The van der Waals surface area contributed by atoms with Gasteiger partial charge in [0.15, 0.2) is 0 Å². The Morgan fingerprint density at radius 3 is 2.48 bits per heavy atom. The number of hydrogen-bond acceptors (Lipinski definition) is 3. The molecule has 0 spiro atoms. The molecule has 2 atom stereocenters. The third kappa shape index (κ3) is 3.85. The summed E-state index contributed by atoms with van der Waals surface area (Å²) in [4.78, 5) is 4.52. The van der Waals surface area contributed by atoms with Crippen molar-refractivity contribution in [3.63, 3.8) is 0 Å². The zero-order valence-corrected chi connectivity index (χ0v) is 13.6. The third-order valence-corrected chi connectivity index (χ3v) is 4.19.